The fourth-order valence-electron chi connectivity index (χ4n) is 4.28. The van der Waals surface area contributed by atoms with Crippen LogP contribution in [0.25, 0.3) is 11.3 Å². The van der Waals surface area contributed by atoms with E-state index >= 15 is 0 Å². The standard InChI is InChI=1S/C23H21N5O3/c29-23(26-11-18-25-9-10-30-18)22-19(14-4-5-14)20-17(31-22)7-6-15-12-28(27-21(15)20)13-16-3-1-2-8-24-16/h1-3,8-10,12,14H,4-7,11,13H2,(H,26,29). The van der Waals surface area contributed by atoms with Crippen LogP contribution in [0.15, 0.2) is 51.9 Å². The zero-order valence-corrected chi connectivity index (χ0v) is 16.9. The number of pyridine rings is 1. The molecule has 0 saturated heterocycles. The lowest BCUT2D eigenvalue weighted by Crippen LogP contribution is -2.23. The highest BCUT2D eigenvalue weighted by atomic mass is 16.4. The third kappa shape index (κ3) is 3.34. The molecule has 2 aliphatic rings. The Morgan fingerprint density at radius 2 is 2.13 bits per heavy atom. The number of hydrogen-bond acceptors (Lipinski definition) is 6. The highest BCUT2D eigenvalue weighted by molar-refractivity contribution is 5.96. The molecule has 0 spiro atoms. The highest BCUT2D eigenvalue weighted by Gasteiger charge is 2.39. The highest BCUT2D eigenvalue weighted by Crippen LogP contribution is 2.50. The minimum Gasteiger partial charge on any atom is -0.455 e. The number of hydrogen-bond donors (Lipinski definition) is 1. The van der Waals surface area contributed by atoms with Gasteiger partial charge in [0.15, 0.2) is 5.76 Å². The maximum Gasteiger partial charge on any atom is 0.287 e. The molecule has 0 radical (unpaired) electrons. The van der Waals surface area contributed by atoms with Crippen LogP contribution in [0.3, 0.4) is 0 Å². The van der Waals surface area contributed by atoms with Gasteiger partial charge in [-0.2, -0.15) is 5.10 Å². The first-order valence-electron chi connectivity index (χ1n) is 10.5. The zero-order chi connectivity index (χ0) is 20.8. The van der Waals surface area contributed by atoms with Gasteiger partial charge in [-0.3, -0.25) is 14.5 Å². The molecule has 4 aromatic rings. The molecule has 1 amide bonds. The van der Waals surface area contributed by atoms with Gasteiger partial charge in [-0.05, 0) is 42.9 Å². The number of rotatable bonds is 6. The van der Waals surface area contributed by atoms with Gasteiger partial charge in [-0.1, -0.05) is 6.07 Å². The summed E-state index contributed by atoms with van der Waals surface area (Å²) in [5, 5.41) is 7.75. The number of carbonyl (C=O) groups is 1. The summed E-state index contributed by atoms with van der Waals surface area (Å²) in [7, 11) is 0. The second-order valence-electron chi connectivity index (χ2n) is 8.05. The summed E-state index contributed by atoms with van der Waals surface area (Å²) in [5.74, 6) is 1.85. The fraction of sp³-hybridized carbons (Fsp3) is 0.304. The number of furan rings is 1. The Labute approximate surface area is 178 Å². The maximum atomic E-state index is 13.0. The van der Waals surface area contributed by atoms with Gasteiger partial charge < -0.3 is 14.2 Å². The lowest BCUT2D eigenvalue weighted by atomic mass is 9.91. The number of aromatic nitrogens is 4. The Balaban J connectivity index is 1.34. The third-order valence-electron chi connectivity index (χ3n) is 5.84. The first kappa shape index (κ1) is 18.1. The SMILES string of the molecule is O=C(NCc1ncco1)c1oc2c(c1C1CC1)-c1nn(Cc3ccccn3)cc1CC2. The Morgan fingerprint density at radius 1 is 1.19 bits per heavy atom. The molecule has 6 rings (SSSR count). The van der Waals surface area contributed by atoms with Gasteiger partial charge in [0.05, 0.1) is 30.7 Å². The van der Waals surface area contributed by atoms with E-state index in [4.69, 9.17) is 13.9 Å². The lowest BCUT2D eigenvalue weighted by molar-refractivity contribution is 0.0916. The Kier molecular flexibility index (Phi) is 4.22. The number of oxazole rings is 1. The quantitative estimate of drug-likeness (QED) is 0.518. The van der Waals surface area contributed by atoms with Crippen LogP contribution in [0.1, 0.15) is 57.8 Å². The Hall–Kier alpha value is -3.68. The van der Waals surface area contributed by atoms with E-state index in [1.54, 1.807) is 12.4 Å². The molecule has 8 nitrogen and oxygen atoms in total. The molecule has 8 heteroatoms. The largest absolute Gasteiger partial charge is 0.455 e. The topological polar surface area (TPSA) is 99.0 Å². The number of aryl methyl sites for hydroxylation is 2. The molecule has 1 N–H and O–H groups in total. The number of carbonyl (C=O) groups excluding carboxylic acids is 1. The van der Waals surface area contributed by atoms with Crippen LogP contribution in [-0.4, -0.2) is 25.7 Å². The van der Waals surface area contributed by atoms with Crippen LogP contribution >= 0.6 is 0 Å². The molecular weight excluding hydrogens is 394 g/mol. The smallest absolute Gasteiger partial charge is 0.287 e. The van der Waals surface area contributed by atoms with Crippen molar-refractivity contribution in [2.75, 3.05) is 0 Å². The van der Waals surface area contributed by atoms with Gasteiger partial charge in [-0.25, -0.2) is 4.98 Å². The monoisotopic (exact) mass is 415 g/mol. The summed E-state index contributed by atoms with van der Waals surface area (Å²) < 4.78 is 13.3. The van der Waals surface area contributed by atoms with E-state index in [2.05, 4.69) is 21.5 Å². The van der Waals surface area contributed by atoms with Gasteiger partial charge in [0, 0.05) is 29.9 Å². The van der Waals surface area contributed by atoms with Gasteiger partial charge in [0.2, 0.25) is 5.89 Å². The van der Waals surface area contributed by atoms with Crippen molar-refractivity contribution < 1.29 is 13.6 Å². The average molecular weight is 415 g/mol. The van der Waals surface area contributed by atoms with E-state index in [1.165, 1.54) is 11.8 Å². The van der Waals surface area contributed by atoms with E-state index in [-0.39, 0.29) is 12.5 Å². The van der Waals surface area contributed by atoms with Gasteiger partial charge in [0.25, 0.3) is 5.91 Å². The molecule has 1 saturated carbocycles. The molecule has 0 unspecified atom stereocenters. The predicted octanol–water partition coefficient (Wildman–Crippen LogP) is 3.48. The molecule has 0 bridgehead atoms. The summed E-state index contributed by atoms with van der Waals surface area (Å²) >= 11 is 0. The van der Waals surface area contributed by atoms with Crippen molar-refractivity contribution in [1.29, 1.82) is 0 Å². The summed E-state index contributed by atoms with van der Waals surface area (Å²) in [5.41, 5.74) is 5.12. The van der Waals surface area contributed by atoms with Crippen molar-refractivity contribution in [2.45, 2.75) is 44.7 Å². The average Bonchev–Trinajstić information content (AvgIpc) is 3.18. The van der Waals surface area contributed by atoms with Crippen LogP contribution in [0, 0.1) is 0 Å². The fourth-order valence-corrected chi connectivity index (χ4v) is 4.28. The van der Waals surface area contributed by atoms with Crippen LogP contribution in [0.2, 0.25) is 0 Å². The molecule has 0 atom stereocenters. The van der Waals surface area contributed by atoms with Crippen LogP contribution in [0.4, 0.5) is 0 Å². The molecule has 0 aliphatic heterocycles. The summed E-state index contributed by atoms with van der Waals surface area (Å²) in [4.78, 5) is 21.4. The number of nitrogens with zero attached hydrogens (tertiary/aromatic N) is 4. The van der Waals surface area contributed by atoms with Gasteiger partial charge >= 0.3 is 0 Å². The molecule has 156 valence electrons. The van der Waals surface area contributed by atoms with E-state index in [9.17, 15) is 4.79 Å². The molecule has 4 aromatic heterocycles. The first-order valence-corrected chi connectivity index (χ1v) is 10.5. The summed E-state index contributed by atoms with van der Waals surface area (Å²) in [6.07, 6.45) is 10.7. The minimum absolute atomic E-state index is 0.227. The van der Waals surface area contributed by atoms with Crippen molar-refractivity contribution in [1.82, 2.24) is 25.1 Å². The van der Waals surface area contributed by atoms with Crippen molar-refractivity contribution >= 4 is 5.91 Å². The molecule has 1 fully saturated rings. The lowest BCUT2D eigenvalue weighted by Gasteiger charge is -2.10. The van der Waals surface area contributed by atoms with E-state index in [1.807, 2.05) is 22.9 Å². The van der Waals surface area contributed by atoms with E-state index in [0.29, 0.717) is 24.1 Å². The number of nitrogens with one attached hydrogen (secondary N) is 1. The minimum atomic E-state index is -0.232. The molecule has 2 aliphatic carbocycles. The first-order chi connectivity index (χ1) is 15.3. The zero-order valence-electron chi connectivity index (χ0n) is 16.9. The molecule has 0 aromatic carbocycles. The Bertz CT molecular complexity index is 1240. The second kappa shape index (κ2) is 7.23. The predicted molar refractivity (Wildman–Crippen MR) is 110 cm³/mol. The number of fused-ring (bicyclic) bond motifs is 3. The number of amides is 1. The van der Waals surface area contributed by atoms with Crippen molar-refractivity contribution in [2.24, 2.45) is 0 Å². The maximum absolute atomic E-state index is 13.0. The van der Waals surface area contributed by atoms with Crippen LogP contribution < -0.4 is 5.32 Å². The van der Waals surface area contributed by atoms with Gasteiger partial charge in [0.1, 0.15) is 12.0 Å². The summed E-state index contributed by atoms with van der Waals surface area (Å²) in [6.45, 7) is 0.842. The van der Waals surface area contributed by atoms with Crippen molar-refractivity contribution in [3.8, 4) is 11.3 Å². The summed E-state index contributed by atoms with van der Waals surface area (Å²) in [6, 6.07) is 5.88. The van der Waals surface area contributed by atoms with E-state index in [0.717, 1.165) is 54.0 Å². The molecular formula is C23H21N5O3. The third-order valence-corrected chi connectivity index (χ3v) is 5.84. The molecule has 4 heterocycles. The van der Waals surface area contributed by atoms with Crippen LogP contribution in [-0.2, 0) is 25.9 Å². The van der Waals surface area contributed by atoms with E-state index < -0.39 is 0 Å². The van der Waals surface area contributed by atoms with Gasteiger partial charge in [-0.15, -0.1) is 0 Å². The normalized spacial score (nSPS) is 14.8. The molecule has 31 heavy (non-hydrogen) atoms. The second-order valence-corrected chi connectivity index (χ2v) is 8.05. The van der Waals surface area contributed by atoms with Crippen molar-refractivity contribution in [3.63, 3.8) is 0 Å². The van der Waals surface area contributed by atoms with Crippen molar-refractivity contribution in [3.05, 3.63) is 77.3 Å². The Morgan fingerprint density at radius 3 is 2.90 bits per heavy atom. The van der Waals surface area contributed by atoms with Crippen LogP contribution in [0.5, 0.6) is 0 Å².